The molecule has 0 unspecified atom stereocenters. The summed E-state index contributed by atoms with van der Waals surface area (Å²) in [5.74, 6) is 0.903. The van der Waals surface area contributed by atoms with Crippen LogP contribution in [0, 0.1) is 19.8 Å². The summed E-state index contributed by atoms with van der Waals surface area (Å²) in [6, 6.07) is 0. The summed E-state index contributed by atoms with van der Waals surface area (Å²) in [6.07, 6.45) is 5.25. The normalized spacial score (nSPS) is 15.5. The number of carbonyl (C=O) groups excluding carboxylic acids is 1. The van der Waals surface area contributed by atoms with Gasteiger partial charge in [0.15, 0.2) is 0 Å². The predicted molar refractivity (Wildman–Crippen MR) is 71.4 cm³/mol. The lowest BCUT2D eigenvalue weighted by Gasteiger charge is -2.25. The lowest BCUT2D eigenvalue weighted by atomic mass is 9.85. The van der Waals surface area contributed by atoms with Gasteiger partial charge in [-0.05, 0) is 44.6 Å². The zero-order chi connectivity index (χ0) is 13.1. The summed E-state index contributed by atoms with van der Waals surface area (Å²) in [4.78, 5) is 11.8. The van der Waals surface area contributed by atoms with E-state index >= 15 is 0 Å². The molecule has 1 amide bonds. The fourth-order valence-electron chi connectivity index (χ4n) is 2.46. The third-order valence-corrected chi connectivity index (χ3v) is 4.07. The predicted octanol–water partition coefficient (Wildman–Crippen LogP) is 1.89. The monoisotopic (exact) mass is 249 g/mol. The highest BCUT2D eigenvalue weighted by Crippen LogP contribution is 2.25. The van der Waals surface area contributed by atoms with Crippen LogP contribution in [-0.4, -0.2) is 22.2 Å². The SMILES string of the molecule is Cc1nn(C)c(C)c1CCC(=O)NCC1CCC1. The lowest BCUT2D eigenvalue weighted by molar-refractivity contribution is -0.121. The van der Waals surface area contributed by atoms with Gasteiger partial charge in [-0.1, -0.05) is 6.42 Å². The second-order valence-electron chi connectivity index (χ2n) is 5.37. The van der Waals surface area contributed by atoms with Gasteiger partial charge in [-0.15, -0.1) is 0 Å². The summed E-state index contributed by atoms with van der Waals surface area (Å²) < 4.78 is 1.89. The first-order valence-corrected chi connectivity index (χ1v) is 6.83. The number of aromatic nitrogens is 2. The highest BCUT2D eigenvalue weighted by Gasteiger charge is 2.18. The smallest absolute Gasteiger partial charge is 0.220 e. The van der Waals surface area contributed by atoms with E-state index in [-0.39, 0.29) is 5.91 Å². The van der Waals surface area contributed by atoms with Crippen LogP contribution in [0.1, 0.15) is 42.6 Å². The van der Waals surface area contributed by atoms with E-state index in [1.165, 1.54) is 30.5 Å². The summed E-state index contributed by atoms with van der Waals surface area (Å²) in [7, 11) is 1.95. The first kappa shape index (κ1) is 13.1. The molecular weight excluding hydrogens is 226 g/mol. The maximum atomic E-state index is 11.8. The first-order chi connectivity index (χ1) is 8.58. The molecule has 2 rings (SSSR count). The molecular formula is C14H23N3O. The Balaban J connectivity index is 1.77. The molecule has 0 spiro atoms. The Morgan fingerprint density at radius 3 is 2.67 bits per heavy atom. The fraction of sp³-hybridized carbons (Fsp3) is 0.714. The number of amides is 1. The highest BCUT2D eigenvalue weighted by molar-refractivity contribution is 5.76. The van der Waals surface area contributed by atoms with Crippen LogP contribution in [0.2, 0.25) is 0 Å². The van der Waals surface area contributed by atoms with Gasteiger partial charge in [-0.25, -0.2) is 0 Å². The topological polar surface area (TPSA) is 46.9 Å². The number of hydrogen-bond acceptors (Lipinski definition) is 2. The van der Waals surface area contributed by atoms with E-state index in [9.17, 15) is 4.79 Å². The van der Waals surface area contributed by atoms with Gasteiger partial charge in [-0.2, -0.15) is 5.10 Å². The van der Waals surface area contributed by atoms with Crippen LogP contribution in [0.15, 0.2) is 0 Å². The standard InChI is InChI=1S/C14H23N3O/c1-10-13(11(2)17(3)16-10)7-8-14(18)15-9-12-5-4-6-12/h12H,4-9H2,1-3H3,(H,15,18). The van der Waals surface area contributed by atoms with Crippen molar-refractivity contribution in [1.82, 2.24) is 15.1 Å². The molecule has 0 aliphatic heterocycles. The number of hydrogen-bond donors (Lipinski definition) is 1. The Morgan fingerprint density at radius 2 is 2.17 bits per heavy atom. The van der Waals surface area contributed by atoms with Crippen molar-refractivity contribution in [2.45, 2.75) is 46.0 Å². The molecule has 4 heteroatoms. The Labute approximate surface area is 109 Å². The van der Waals surface area contributed by atoms with Crippen molar-refractivity contribution < 1.29 is 4.79 Å². The molecule has 1 N–H and O–H groups in total. The van der Waals surface area contributed by atoms with Gasteiger partial charge in [0.05, 0.1) is 5.69 Å². The van der Waals surface area contributed by atoms with E-state index in [1.54, 1.807) is 0 Å². The minimum absolute atomic E-state index is 0.171. The maximum Gasteiger partial charge on any atom is 0.220 e. The average Bonchev–Trinajstić information content (AvgIpc) is 2.49. The van der Waals surface area contributed by atoms with Crippen LogP contribution < -0.4 is 5.32 Å². The van der Waals surface area contributed by atoms with Gasteiger partial charge >= 0.3 is 0 Å². The van der Waals surface area contributed by atoms with E-state index in [0.29, 0.717) is 6.42 Å². The zero-order valence-electron chi connectivity index (χ0n) is 11.6. The fourth-order valence-corrected chi connectivity index (χ4v) is 2.46. The largest absolute Gasteiger partial charge is 0.356 e. The maximum absolute atomic E-state index is 11.8. The second kappa shape index (κ2) is 5.55. The van der Waals surface area contributed by atoms with E-state index in [1.807, 2.05) is 18.7 Å². The van der Waals surface area contributed by atoms with Crippen LogP contribution in [0.4, 0.5) is 0 Å². The molecule has 1 saturated carbocycles. The molecule has 100 valence electrons. The van der Waals surface area contributed by atoms with Gasteiger partial charge in [0.2, 0.25) is 5.91 Å². The van der Waals surface area contributed by atoms with Crippen molar-refractivity contribution >= 4 is 5.91 Å². The third-order valence-electron chi connectivity index (χ3n) is 4.07. The first-order valence-electron chi connectivity index (χ1n) is 6.83. The molecule has 1 aromatic heterocycles. The summed E-state index contributed by atoms with van der Waals surface area (Å²) in [5.41, 5.74) is 3.43. The molecule has 0 saturated heterocycles. The molecule has 0 atom stereocenters. The van der Waals surface area contributed by atoms with Gasteiger partial charge in [0.25, 0.3) is 0 Å². The van der Waals surface area contributed by atoms with Crippen molar-refractivity contribution in [2.24, 2.45) is 13.0 Å². The van der Waals surface area contributed by atoms with Gasteiger partial charge in [0, 0.05) is 25.7 Å². The number of nitrogens with one attached hydrogen (secondary N) is 1. The number of nitrogens with zero attached hydrogens (tertiary/aromatic N) is 2. The molecule has 18 heavy (non-hydrogen) atoms. The number of aryl methyl sites for hydroxylation is 2. The van der Waals surface area contributed by atoms with Crippen LogP contribution in [0.25, 0.3) is 0 Å². The molecule has 1 fully saturated rings. The molecule has 4 nitrogen and oxygen atoms in total. The Morgan fingerprint density at radius 1 is 1.44 bits per heavy atom. The molecule has 0 radical (unpaired) electrons. The van der Waals surface area contributed by atoms with Gasteiger partial charge in [-0.3, -0.25) is 9.48 Å². The Kier molecular flexibility index (Phi) is 4.04. The molecule has 1 heterocycles. The van der Waals surface area contributed by atoms with Crippen LogP contribution in [-0.2, 0) is 18.3 Å². The van der Waals surface area contributed by atoms with Crippen molar-refractivity contribution in [3.63, 3.8) is 0 Å². The summed E-state index contributed by atoms with van der Waals surface area (Å²) >= 11 is 0. The summed E-state index contributed by atoms with van der Waals surface area (Å²) in [6.45, 7) is 4.93. The third kappa shape index (κ3) is 2.92. The number of rotatable bonds is 5. The minimum Gasteiger partial charge on any atom is -0.356 e. The van der Waals surface area contributed by atoms with E-state index < -0.39 is 0 Å². The van der Waals surface area contributed by atoms with Crippen molar-refractivity contribution in [2.75, 3.05) is 6.54 Å². The molecule has 0 bridgehead atoms. The summed E-state index contributed by atoms with van der Waals surface area (Å²) in [5, 5.41) is 7.40. The Bertz CT molecular complexity index is 432. The van der Waals surface area contributed by atoms with Crippen molar-refractivity contribution in [3.05, 3.63) is 17.0 Å². The molecule has 0 aromatic carbocycles. The minimum atomic E-state index is 0.171. The number of carbonyl (C=O) groups is 1. The second-order valence-corrected chi connectivity index (χ2v) is 5.37. The Hall–Kier alpha value is -1.32. The van der Waals surface area contributed by atoms with Crippen molar-refractivity contribution in [3.8, 4) is 0 Å². The van der Waals surface area contributed by atoms with E-state index in [0.717, 1.165) is 24.6 Å². The van der Waals surface area contributed by atoms with Crippen LogP contribution >= 0.6 is 0 Å². The average molecular weight is 249 g/mol. The van der Waals surface area contributed by atoms with E-state index in [4.69, 9.17) is 0 Å². The molecule has 1 aliphatic carbocycles. The molecule has 1 aliphatic rings. The van der Waals surface area contributed by atoms with Crippen molar-refractivity contribution in [1.29, 1.82) is 0 Å². The highest BCUT2D eigenvalue weighted by atomic mass is 16.1. The zero-order valence-corrected chi connectivity index (χ0v) is 11.6. The quantitative estimate of drug-likeness (QED) is 0.866. The lowest BCUT2D eigenvalue weighted by Crippen LogP contribution is -2.32. The van der Waals surface area contributed by atoms with E-state index in [2.05, 4.69) is 17.3 Å². The van der Waals surface area contributed by atoms with Crippen LogP contribution in [0.5, 0.6) is 0 Å². The van der Waals surface area contributed by atoms with Crippen LogP contribution in [0.3, 0.4) is 0 Å². The molecule has 1 aromatic rings. The van der Waals surface area contributed by atoms with Gasteiger partial charge in [0.1, 0.15) is 0 Å². The van der Waals surface area contributed by atoms with Gasteiger partial charge < -0.3 is 5.32 Å².